The van der Waals surface area contributed by atoms with Crippen molar-refractivity contribution in [3.8, 4) is 0 Å². The third-order valence-electron chi connectivity index (χ3n) is 4.61. The molecule has 4 unspecified atom stereocenters. The predicted molar refractivity (Wildman–Crippen MR) is 75.6 cm³/mol. The lowest BCUT2D eigenvalue weighted by atomic mass is 9.82. The molecule has 4 heterocycles. The third kappa shape index (κ3) is 2.00. The topological polar surface area (TPSA) is 38.6 Å². The van der Waals surface area contributed by atoms with Crippen molar-refractivity contribution in [2.24, 2.45) is 5.92 Å². The van der Waals surface area contributed by atoms with Crippen LogP contribution in [0.2, 0.25) is 0 Å². The summed E-state index contributed by atoms with van der Waals surface area (Å²) in [6, 6.07) is 0.486. The lowest BCUT2D eigenvalue weighted by molar-refractivity contribution is 0.0863. The zero-order valence-corrected chi connectivity index (χ0v) is 11.9. The number of thiazole rings is 1. The molecule has 2 aromatic heterocycles. The van der Waals surface area contributed by atoms with Crippen LogP contribution in [0.25, 0.3) is 4.96 Å². The first-order valence-corrected chi connectivity index (χ1v) is 7.95. The number of likely N-dealkylation sites (N-methyl/N-ethyl adjacent to an activating group) is 1. The first-order chi connectivity index (χ1) is 9.33. The largest absolute Gasteiger partial charge is 0.375 e. The van der Waals surface area contributed by atoms with Crippen LogP contribution in [0.1, 0.15) is 25.0 Å². The molecule has 2 aliphatic rings. The Morgan fingerprint density at radius 1 is 1.58 bits per heavy atom. The number of imidazole rings is 1. The Hall–Kier alpha value is -0.910. The fraction of sp³-hybridized carbons (Fsp3) is 0.643. The SMILES string of the molecule is CNC(Cc1cn2ccsc2n1)C1CC2CCC1O2. The van der Waals surface area contributed by atoms with Gasteiger partial charge in [-0.15, -0.1) is 11.3 Å². The van der Waals surface area contributed by atoms with Crippen molar-refractivity contribution in [1.29, 1.82) is 0 Å². The van der Waals surface area contributed by atoms with Gasteiger partial charge >= 0.3 is 0 Å². The van der Waals surface area contributed by atoms with Gasteiger partial charge < -0.3 is 10.1 Å². The second-order valence-corrected chi connectivity index (χ2v) is 6.57. The third-order valence-corrected chi connectivity index (χ3v) is 5.38. The number of rotatable bonds is 4. The summed E-state index contributed by atoms with van der Waals surface area (Å²) in [6.07, 6.45) is 9.96. The second-order valence-electron chi connectivity index (χ2n) is 5.70. The number of aromatic nitrogens is 2. The van der Waals surface area contributed by atoms with Gasteiger partial charge in [0.2, 0.25) is 0 Å². The lowest BCUT2D eigenvalue weighted by Gasteiger charge is -2.27. The van der Waals surface area contributed by atoms with Crippen molar-refractivity contribution in [3.63, 3.8) is 0 Å². The standard InChI is InChI=1S/C14H19N3OS/c1-15-12(11-7-10-2-3-13(11)18-10)6-9-8-17-4-5-19-14(17)16-9/h4-5,8,10-13,15H,2-3,6-7H2,1H3. The van der Waals surface area contributed by atoms with E-state index >= 15 is 0 Å². The van der Waals surface area contributed by atoms with Gasteiger partial charge in [0.1, 0.15) is 0 Å². The summed E-state index contributed by atoms with van der Waals surface area (Å²) in [6.45, 7) is 0. The predicted octanol–water partition coefficient (Wildman–Crippen LogP) is 2.09. The molecular weight excluding hydrogens is 258 g/mol. The van der Waals surface area contributed by atoms with Crippen LogP contribution >= 0.6 is 11.3 Å². The van der Waals surface area contributed by atoms with Crippen LogP contribution < -0.4 is 5.32 Å². The van der Waals surface area contributed by atoms with E-state index in [4.69, 9.17) is 9.72 Å². The summed E-state index contributed by atoms with van der Waals surface area (Å²) in [5.74, 6) is 0.656. The number of ether oxygens (including phenoxy) is 1. The van der Waals surface area contributed by atoms with Gasteiger partial charge in [0.05, 0.1) is 17.9 Å². The molecule has 4 rings (SSSR count). The van der Waals surface area contributed by atoms with Gasteiger partial charge in [-0.1, -0.05) is 0 Å². The zero-order chi connectivity index (χ0) is 12.8. The molecule has 1 N–H and O–H groups in total. The Balaban J connectivity index is 1.52. The molecule has 0 aliphatic carbocycles. The van der Waals surface area contributed by atoms with Crippen LogP contribution in [0, 0.1) is 5.92 Å². The van der Waals surface area contributed by atoms with Crippen LogP contribution in [0.3, 0.4) is 0 Å². The number of nitrogens with zero attached hydrogens (tertiary/aromatic N) is 2. The highest BCUT2D eigenvalue weighted by Gasteiger charge is 2.43. The average molecular weight is 277 g/mol. The van der Waals surface area contributed by atoms with Crippen LogP contribution in [-0.2, 0) is 11.2 Å². The molecule has 0 spiro atoms. The Kier molecular flexibility index (Phi) is 2.86. The van der Waals surface area contributed by atoms with Gasteiger partial charge in [0.25, 0.3) is 0 Å². The first-order valence-electron chi connectivity index (χ1n) is 7.07. The van der Waals surface area contributed by atoms with E-state index < -0.39 is 0 Å². The number of hydrogen-bond acceptors (Lipinski definition) is 4. The zero-order valence-electron chi connectivity index (χ0n) is 11.1. The molecule has 2 aromatic rings. The van der Waals surface area contributed by atoms with E-state index in [0.29, 0.717) is 24.2 Å². The van der Waals surface area contributed by atoms with Crippen LogP contribution in [-0.4, -0.2) is 34.7 Å². The van der Waals surface area contributed by atoms with E-state index in [-0.39, 0.29) is 0 Å². The minimum absolute atomic E-state index is 0.478. The molecule has 0 saturated carbocycles. The fourth-order valence-electron chi connectivity index (χ4n) is 3.67. The summed E-state index contributed by atoms with van der Waals surface area (Å²) in [5, 5.41) is 5.56. The van der Waals surface area contributed by atoms with Gasteiger partial charge in [0, 0.05) is 36.2 Å². The summed E-state index contributed by atoms with van der Waals surface area (Å²) in [7, 11) is 2.06. The summed E-state index contributed by atoms with van der Waals surface area (Å²) in [4.78, 5) is 5.79. The highest BCUT2D eigenvalue weighted by Crippen LogP contribution is 2.40. The smallest absolute Gasteiger partial charge is 0.193 e. The van der Waals surface area contributed by atoms with Crippen molar-refractivity contribution in [1.82, 2.24) is 14.7 Å². The summed E-state index contributed by atoms with van der Waals surface area (Å²) in [5.41, 5.74) is 1.19. The van der Waals surface area contributed by atoms with Crippen molar-refractivity contribution in [3.05, 3.63) is 23.5 Å². The summed E-state index contributed by atoms with van der Waals surface area (Å²) >= 11 is 1.69. The normalized spacial score (nSPS) is 31.3. The molecule has 19 heavy (non-hydrogen) atoms. The Morgan fingerprint density at radius 2 is 2.53 bits per heavy atom. The van der Waals surface area contributed by atoms with E-state index in [2.05, 4.69) is 34.5 Å². The van der Waals surface area contributed by atoms with Crippen LogP contribution in [0.15, 0.2) is 17.8 Å². The highest BCUT2D eigenvalue weighted by molar-refractivity contribution is 7.15. The van der Waals surface area contributed by atoms with E-state index in [9.17, 15) is 0 Å². The quantitative estimate of drug-likeness (QED) is 0.930. The first kappa shape index (κ1) is 11.9. The monoisotopic (exact) mass is 277 g/mol. The van der Waals surface area contributed by atoms with Gasteiger partial charge in [0.15, 0.2) is 4.96 Å². The van der Waals surface area contributed by atoms with Crippen LogP contribution in [0.5, 0.6) is 0 Å². The van der Waals surface area contributed by atoms with Crippen molar-refractivity contribution < 1.29 is 4.74 Å². The van der Waals surface area contributed by atoms with Gasteiger partial charge in [-0.3, -0.25) is 4.40 Å². The molecule has 0 amide bonds. The Labute approximate surface area is 116 Å². The van der Waals surface area contributed by atoms with Crippen molar-refractivity contribution in [2.45, 2.75) is 43.9 Å². The summed E-state index contributed by atoms with van der Waals surface area (Å²) < 4.78 is 8.10. The molecule has 0 radical (unpaired) electrons. The molecule has 4 nitrogen and oxygen atoms in total. The Morgan fingerprint density at radius 3 is 3.21 bits per heavy atom. The molecular formula is C14H19N3OS. The maximum Gasteiger partial charge on any atom is 0.193 e. The number of hydrogen-bond donors (Lipinski definition) is 1. The van der Waals surface area contributed by atoms with E-state index in [1.165, 1.54) is 25.0 Å². The highest BCUT2D eigenvalue weighted by atomic mass is 32.1. The molecule has 4 atom stereocenters. The second kappa shape index (κ2) is 4.58. The maximum atomic E-state index is 5.99. The minimum Gasteiger partial charge on any atom is -0.375 e. The number of fused-ring (bicyclic) bond motifs is 3. The van der Waals surface area contributed by atoms with E-state index in [1.54, 1.807) is 11.3 Å². The molecule has 2 fully saturated rings. The minimum atomic E-state index is 0.478. The Bertz CT molecular complexity index is 550. The average Bonchev–Trinajstić information content (AvgIpc) is 3.14. The van der Waals surface area contributed by atoms with Gasteiger partial charge in [-0.25, -0.2) is 4.98 Å². The number of nitrogens with one attached hydrogen (secondary N) is 1. The molecule has 102 valence electrons. The molecule has 5 heteroatoms. The fourth-order valence-corrected chi connectivity index (χ4v) is 4.39. The van der Waals surface area contributed by atoms with Gasteiger partial charge in [-0.2, -0.15) is 0 Å². The molecule has 0 aromatic carbocycles. The molecule has 2 bridgehead atoms. The van der Waals surface area contributed by atoms with Gasteiger partial charge in [-0.05, 0) is 26.3 Å². The van der Waals surface area contributed by atoms with Crippen LogP contribution in [0.4, 0.5) is 0 Å². The molecule has 2 saturated heterocycles. The molecule has 2 aliphatic heterocycles. The van der Waals surface area contributed by atoms with Crippen molar-refractivity contribution >= 4 is 16.3 Å². The van der Waals surface area contributed by atoms with E-state index in [1.807, 2.05) is 0 Å². The van der Waals surface area contributed by atoms with E-state index in [0.717, 1.165) is 11.4 Å². The maximum absolute atomic E-state index is 5.99. The van der Waals surface area contributed by atoms with Crippen molar-refractivity contribution in [2.75, 3.05) is 7.05 Å². The lowest BCUT2D eigenvalue weighted by Crippen LogP contribution is -2.40.